The minimum Gasteiger partial charge on any atom is -0.321 e. The number of nitrogens with zero attached hydrogens (tertiary/aromatic N) is 4. The van der Waals surface area contributed by atoms with E-state index in [9.17, 15) is 4.79 Å². The number of aromatic nitrogens is 2. The Balaban J connectivity index is 1.83. The van der Waals surface area contributed by atoms with Crippen LogP contribution >= 0.6 is 0 Å². The highest BCUT2D eigenvalue weighted by atomic mass is 16.2. The molecule has 0 radical (unpaired) electrons. The molecule has 1 fully saturated rings. The van der Waals surface area contributed by atoms with Crippen LogP contribution in [0.5, 0.6) is 0 Å². The Kier molecular flexibility index (Phi) is 4.81. The number of benzene rings is 1. The van der Waals surface area contributed by atoms with Gasteiger partial charge in [-0.25, -0.2) is 9.48 Å². The Hall–Kier alpha value is -2.34. The number of urea groups is 1. The second-order valence-corrected chi connectivity index (χ2v) is 7.18. The first-order valence-electron chi connectivity index (χ1n) is 8.75. The van der Waals surface area contributed by atoms with Gasteiger partial charge in [-0.2, -0.15) is 5.10 Å². The minimum atomic E-state index is -0.0532. The van der Waals surface area contributed by atoms with Gasteiger partial charge in [-0.1, -0.05) is 6.07 Å². The van der Waals surface area contributed by atoms with Crippen molar-refractivity contribution < 1.29 is 4.79 Å². The average molecular weight is 341 g/mol. The first-order valence-corrected chi connectivity index (χ1v) is 8.75. The molecule has 25 heavy (non-hydrogen) atoms. The summed E-state index contributed by atoms with van der Waals surface area (Å²) in [4.78, 5) is 17.0. The van der Waals surface area contributed by atoms with Crippen LogP contribution < -0.4 is 5.32 Å². The lowest BCUT2D eigenvalue weighted by Gasteiger charge is -2.42. The van der Waals surface area contributed by atoms with Gasteiger partial charge in [-0.05, 0) is 58.0 Å². The molecular formula is C19H27N5O. The highest BCUT2D eigenvalue weighted by Crippen LogP contribution is 2.23. The number of hydrogen-bond donors (Lipinski definition) is 1. The lowest BCUT2D eigenvalue weighted by molar-refractivity contribution is 0.0816. The molecule has 1 saturated heterocycles. The summed E-state index contributed by atoms with van der Waals surface area (Å²) in [5, 5.41) is 7.47. The molecule has 1 aromatic heterocycles. The van der Waals surface area contributed by atoms with Crippen molar-refractivity contribution in [2.24, 2.45) is 0 Å². The van der Waals surface area contributed by atoms with Gasteiger partial charge in [0.2, 0.25) is 0 Å². The molecule has 0 spiro atoms. The summed E-state index contributed by atoms with van der Waals surface area (Å²) >= 11 is 0. The quantitative estimate of drug-likeness (QED) is 0.913. The van der Waals surface area contributed by atoms with Crippen LogP contribution in [0.1, 0.15) is 25.0 Å². The van der Waals surface area contributed by atoms with E-state index in [1.807, 2.05) is 49.3 Å². The topological polar surface area (TPSA) is 53.4 Å². The van der Waals surface area contributed by atoms with Crippen molar-refractivity contribution in [2.75, 3.05) is 25.5 Å². The summed E-state index contributed by atoms with van der Waals surface area (Å²) in [6, 6.07) is 6.66. The van der Waals surface area contributed by atoms with E-state index in [-0.39, 0.29) is 6.03 Å². The monoisotopic (exact) mass is 341 g/mol. The Morgan fingerprint density at radius 1 is 1.16 bits per heavy atom. The molecule has 0 bridgehead atoms. The van der Waals surface area contributed by atoms with Gasteiger partial charge in [0, 0.05) is 31.4 Å². The Morgan fingerprint density at radius 3 is 2.44 bits per heavy atom. The number of aryl methyl sites for hydroxylation is 2. The van der Waals surface area contributed by atoms with Gasteiger partial charge in [0.15, 0.2) is 0 Å². The van der Waals surface area contributed by atoms with E-state index >= 15 is 0 Å². The smallest absolute Gasteiger partial charge is 0.321 e. The Labute approximate surface area is 149 Å². The van der Waals surface area contributed by atoms with Crippen molar-refractivity contribution in [2.45, 2.75) is 39.8 Å². The van der Waals surface area contributed by atoms with Crippen LogP contribution in [-0.4, -0.2) is 57.8 Å². The zero-order valence-corrected chi connectivity index (χ0v) is 15.7. The summed E-state index contributed by atoms with van der Waals surface area (Å²) in [6.07, 6.45) is 3.77. The standard InChI is InChI=1S/C19H27N5O/c1-13-6-7-18(24-10-14(2)9-20-24)17(8-13)21-19(25)23-11-15(3)22(5)16(4)12-23/h6-10,15-16H,11-12H2,1-5H3,(H,21,25)/t15-,16+. The number of hydrogen-bond acceptors (Lipinski definition) is 3. The number of rotatable bonds is 2. The van der Waals surface area contributed by atoms with Crippen LogP contribution in [0.3, 0.4) is 0 Å². The normalized spacial score (nSPS) is 21.4. The second-order valence-electron chi connectivity index (χ2n) is 7.18. The van der Waals surface area contributed by atoms with Gasteiger partial charge >= 0.3 is 6.03 Å². The van der Waals surface area contributed by atoms with Crippen molar-refractivity contribution in [1.82, 2.24) is 19.6 Å². The number of anilines is 1. The fourth-order valence-corrected chi connectivity index (χ4v) is 3.26. The molecule has 2 amide bonds. The number of likely N-dealkylation sites (N-methyl/N-ethyl adjacent to an activating group) is 1. The van der Waals surface area contributed by atoms with Gasteiger partial charge in [0.1, 0.15) is 0 Å². The lowest BCUT2D eigenvalue weighted by Crippen LogP contribution is -2.57. The number of piperazine rings is 1. The predicted octanol–water partition coefficient (Wildman–Crippen LogP) is 3.05. The average Bonchev–Trinajstić information content (AvgIpc) is 2.98. The third-order valence-electron chi connectivity index (χ3n) is 5.00. The summed E-state index contributed by atoms with van der Waals surface area (Å²) in [5.41, 5.74) is 3.84. The summed E-state index contributed by atoms with van der Waals surface area (Å²) in [6.45, 7) is 9.79. The van der Waals surface area contributed by atoms with Gasteiger partial charge in [-0.3, -0.25) is 4.90 Å². The number of carbonyl (C=O) groups excluding carboxylic acids is 1. The first-order chi connectivity index (χ1) is 11.8. The number of nitrogens with one attached hydrogen (secondary N) is 1. The molecule has 0 saturated carbocycles. The second kappa shape index (κ2) is 6.88. The third kappa shape index (κ3) is 3.69. The van der Waals surface area contributed by atoms with E-state index in [0.717, 1.165) is 35.6 Å². The molecule has 2 atom stereocenters. The molecule has 2 aromatic rings. The van der Waals surface area contributed by atoms with Crippen molar-refractivity contribution in [3.8, 4) is 5.69 Å². The fourth-order valence-electron chi connectivity index (χ4n) is 3.26. The van der Waals surface area contributed by atoms with E-state index in [4.69, 9.17) is 0 Å². The maximum Gasteiger partial charge on any atom is 0.322 e. The molecule has 1 aliphatic rings. The van der Waals surface area contributed by atoms with E-state index in [0.29, 0.717) is 12.1 Å². The Morgan fingerprint density at radius 2 is 1.84 bits per heavy atom. The van der Waals surface area contributed by atoms with Crippen molar-refractivity contribution in [1.29, 1.82) is 0 Å². The van der Waals surface area contributed by atoms with Crippen LogP contribution in [0.4, 0.5) is 10.5 Å². The molecule has 1 N–H and O–H groups in total. The molecule has 3 rings (SSSR count). The van der Waals surface area contributed by atoms with Crippen molar-refractivity contribution in [3.05, 3.63) is 41.7 Å². The third-order valence-corrected chi connectivity index (χ3v) is 5.00. The first kappa shape index (κ1) is 17.5. The summed E-state index contributed by atoms with van der Waals surface area (Å²) in [5.74, 6) is 0. The van der Waals surface area contributed by atoms with Crippen LogP contribution in [0, 0.1) is 13.8 Å². The molecule has 0 unspecified atom stereocenters. The lowest BCUT2D eigenvalue weighted by atomic mass is 10.1. The Bertz CT molecular complexity index is 757. The van der Waals surface area contributed by atoms with Gasteiger partial charge in [0.25, 0.3) is 0 Å². The van der Waals surface area contributed by atoms with Crippen LogP contribution in [0.25, 0.3) is 5.69 Å². The molecule has 6 nitrogen and oxygen atoms in total. The largest absolute Gasteiger partial charge is 0.322 e. The molecular weight excluding hydrogens is 314 g/mol. The maximum absolute atomic E-state index is 12.8. The van der Waals surface area contributed by atoms with Gasteiger partial charge < -0.3 is 10.2 Å². The van der Waals surface area contributed by atoms with E-state index in [1.165, 1.54) is 0 Å². The summed E-state index contributed by atoms with van der Waals surface area (Å²) < 4.78 is 1.81. The summed E-state index contributed by atoms with van der Waals surface area (Å²) in [7, 11) is 2.11. The molecule has 6 heteroatoms. The highest BCUT2D eigenvalue weighted by Gasteiger charge is 2.29. The highest BCUT2D eigenvalue weighted by molar-refractivity contribution is 5.91. The van der Waals surface area contributed by atoms with Gasteiger partial charge in [-0.15, -0.1) is 0 Å². The molecule has 0 aliphatic carbocycles. The SMILES string of the molecule is Cc1ccc(-n2cc(C)cn2)c(NC(=O)N2C[C@@H](C)N(C)[C@@H](C)C2)c1. The van der Waals surface area contributed by atoms with Gasteiger partial charge in [0.05, 0.1) is 17.6 Å². The molecule has 2 heterocycles. The predicted molar refractivity (Wildman–Crippen MR) is 100 cm³/mol. The minimum absolute atomic E-state index is 0.0532. The van der Waals surface area contributed by atoms with E-state index < -0.39 is 0 Å². The van der Waals surface area contributed by atoms with Crippen molar-refractivity contribution >= 4 is 11.7 Å². The fraction of sp³-hybridized carbons (Fsp3) is 0.474. The zero-order valence-electron chi connectivity index (χ0n) is 15.7. The molecule has 134 valence electrons. The van der Waals surface area contributed by atoms with Crippen LogP contribution in [0.15, 0.2) is 30.6 Å². The molecule has 1 aliphatic heterocycles. The van der Waals surface area contributed by atoms with E-state index in [2.05, 4.69) is 36.2 Å². The van der Waals surface area contributed by atoms with Crippen LogP contribution in [-0.2, 0) is 0 Å². The zero-order chi connectivity index (χ0) is 18.1. The maximum atomic E-state index is 12.8. The number of amides is 2. The number of carbonyl (C=O) groups is 1. The van der Waals surface area contributed by atoms with Crippen LogP contribution in [0.2, 0.25) is 0 Å². The van der Waals surface area contributed by atoms with E-state index in [1.54, 1.807) is 4.68 Å². The molecule has 1 aromatic carbocycles. The van der Waals surface area contributed by atoms with Crippen molar-refractivity contribution in [3.63, 3.8) is 0 Å².